The summed E-state index contributed by atoms with van der Waals surface area (Å²) in [5.41, 5.74) is -1.17. The van der Waals surface area contributed by atoms with Gasteiger partial charge in [0.05, 0.1) is 23.9 Å². The van der Waals surface area contributed by atoms with Crippen molar-refractivity contribution < 1.29 is 55.1 Å². The first-order chi connectivity index (χ1) is 33.8. The zero-order chi connectivity index (χ0) is 51.7. The minimum atomic E-state index is -2.06. The van der Waals surface area contributed by atoms with E-state index < -0.39 is 75.1 Å². The predicted octanol–water partition coefficient (Wildman–Crippen LogP) is 5.59. The number of nitrogens with one attached hydrogen (secondary N) is 1. The van der Waals surface area contributed by atoms with E-state index in [4.69, 9.17) is 9.47 Å². The highest BCUT2D eigenvalue weighted by molar-refractivity contribution is 5.87. The Morgan fingerprint density at radius 2 is 1.64 bits per heavy atom. The fourth-order valence-electron chi connectivity index (χ4n) is 19.3. The van der Waals surface area contributed by atoms with Crippen LogP contribution in [0.25, 0.3) is 0 Å². The van der Waals surface area contributed by atoms with Gasteiger partial charge in [-0.15, -0.1) is 0 Å². The molecular formula is C59H88N2O11. The van der Waals surface area contributed by atoms with Gasteiger partial charge in [-0.1, -0.05) is 64.5 Å². The number of benzene rings is 1. The monoisotopic (exact) mass is 1000 g/mol. The Morgan fingerprint density at radius 3 is 2.36 bits per heavy atom. The number of hydrogen-bond acceptors (Lipinski definition) is 13. The number of ether oxygens (including phenoxy) is 2. The van der Waals surface area contributed by atoms with Crippen LogP contribution in [0.3, 0.4) is 0 Å². The fraction of sp³-hybridized carbons (Fsp3) is 0.814. The highest BCUT2D eigenvalue weighted by Gasteiger charge is 2.89. The zero-order valence-corrected chi connectivity index (χ0v) is 44.7. The number of fused-ring (bicyclic) bond motifs is 10. The van der Waals surface area contributed by atoms with Gasteiger partial charge in [0.25, 0.3) is 0 Å². The molecule has 72 heavy (non-hydrogen) atoms. The average molecular weight is 1000 g/mol. The lowest BCUT2D eigenvalue weighted by molar-refractivity contribution is -0.354. The van der Waals surface area contributed by atoms with E-state index >= 15 is 0 Å². The molecule has 1 aromatic carbocycles. The van der Waals surface area contributed by atoms with E-state index in [1.165, 1.54) is 23.1 Å². The maximum Gasteiger partial charge on any atom is 0.333 e. The maximum absolute atomic E-state index is 12.9. The molecule has 0 aromatic heterocycles. The molecule has 12 rings (SSSR count). The van der Waals surface area contributed by atoms with Gasteiger partial charge in [-0.05, 0) is 169 Å². The summed E-state index contributed by atoms with van der Waals surface area (Å²) < 4.78 is 12.6. The quantitative estimate of drug-likeness (QED) is 0.103. The van der Waals surface area contributed by atoms with Crippen LogP contribution in [0.5, 0.6) is 0 Å². The molecule has 1 spiro atoms. The Hall–Kier alpha value is -2.27. The average Bonchev–Trinajstić information content (AvgIpc) is 3.79. The minimum absolute atomic E-state index is 0.0606. The molecule has 4 aliphatic heterocycles. The van der Waals surface area contributed by atoms with Crippen LogP contribution in [-0.4, -0.2) is 142 Å². The maximum atomic E-state index is 12.9. The SMILES string of the molecule is C/C=C(/C)C(=O)O[C@H]1CC[C@@]2(C)[C@@H]3CC[C@H]4[C@]5(O)C[C@H](O)[C@@]6(O)[C@@H](CN7C[C@@H](C)CC[C@H]7[C@@]6(C)O)[C@]5(O)C[C@@]42OC13O.Cc1c([C@H](C)[C@@H]2NC[C@@H](C)C[C@H]2O)ccc2c1C[C@H]1[C@H]2CC=C2C[C@@H](O)CC[C@@]21C. The van der Waals surface area contributed by atoms with Crippen LogP contribution < -0.4 is 5.32 Å². The minimum Gasteiger partial charge on any atom is -0.453 e. The van der Waals surface area contributed by atoms with E-state index in [9.17, 15) is 45.6 Å². The van der Waals surface area contributed by atoms with Crippen molar-refractivity contribution >= 4 is 5.97 Å². The second-order valence-electron chi connectivity index (χ2n) is 26.8. The van der Waals surface area contributed by atoms with Crippen molar-refractivity contribution in [3.63, 3.8) is 0 Å². The number of aliphatic hydroxyl groups excluding tert-OH is 3. The summed E-state index contributed by atoms with van der Waals surface area (Å²) in [6, 6.07) is 4.53. The molecule has 1 aromatic rings. The van der Waals surface area contributed by atoms with Gasteiger partial charge >= 0.3 is 5.97 Å². The number of nitrogens with zero attached hydrogens (tertiary/aromatic N) is 1. The van der Waals surface area contributed by atoms with Crippen molar-refractivity contribution in [1.82, 2.24) is 10.2 Å². The van der Waals surface area contributed by atoms with Gasteiger partial charge in [0, 0.05) is 66.8 Å². The molecular weight excluding hydrogens is 913 g/mol. The van der Waals surface area contributed by atoms with Crippen molar-refractivity contribution in [1.29, 1.82) is 0 Å². The van der Waals surface area contributed by atoms with Crippen LogP contribution in [0.2, 0.25) is 0 Å². The summed E-state index contributed by atoms with van der Waals surface area (Å²) in [6.07, 6.45) is 10.5. The number of carbonyl (C=O) groups excluding carboxylic acids is 1. The highest BCUT2D eigenvalue weighted by atomic mass is 16.7. The lowest BCUT2D eigenvalue weighted by Gasteiger charge is -2.68. The van der Waals surface area contributed by atoms with E-state index in [0.29, 0.717) is 73.8 Å². The van der Waals surface area contributed by atoms with Gasteiger partial charge in [-0.2, -0.15) is 0 Å². The molecule has 400 valence electrons. The molecule has 4 heterocycles. The van der Waals surface area contributed by atoms with E-state index in [2.05, 4.69) is 63.0 Å². The molecule has 4 bridgehead atoms. The Kier molecular flexibility index (Phi) is 12.3. The number of aliphatic hydroxyl groups is 8. The van der Waals surface area contributed by atoms with E-state index in [1.807, 2.05) is 6.92 Å². The largest absolute Gasteiger partial charge is 0.453 e. The summed E-state index contributed by atoms with van der Waals surface area (Å²) >= 11 is 0. The normalized spacial score (nSPS) is 52.4. The van der Waals surface area contributed by atoms with Crippen LogP contribution in [0.1, 0.15) is 173 Å². The van der Waals surface area contributed by atoms with Crippen LogP contribution >= 0.6 is 0 Å². The molecule has 11 aliphatic rings. The second kappa shape index (κ2) is 17.1. The third-order valence-corrected chi connectivity index (χ3v) is 23.5. The number of esters is 1. The third kappa shape index (κ3) is 6.79. The van der Waals surface area contributed by atoms with Gasteiger partial charge in [0.1, 0.15) is 22.4 Å². The number of piperidine rings is 3. The Morgan fingerprint density at radius 1 is 0.903 bits per heavy atom. The molecule has 13 nitrogen and oxygen atoms in total. The van der Waals surface area contributed by atoms with Crippen LogP contribution in [0.4, 0.5) is 0 Å². The van der Waals surface area contributed by atoms with Gasteiger partial charge in [0.15, 0.2) is 6.10 Å². The highest BCUT2D eigenvalue weighted by Crippen LogP contribution is 2.78. The molecule has 22 atom stereocenters. The van der Waals surface area contributed by atoms with Crippen LogP contribution in [0, 0.1) is 53.3 Å². The Balaban J connectivity index is 0.000000165. The van der Waals surface area contributed by atoms with Crippen molar-refractivity contribution in [2.75, 3.05) is 19.6 Å². The molecule has 13 heteroatoms. The second-order valence-corrected chi connectivity index (χ2v) is 26.8. The first-order valence-corrected chi connectivity index (χ1v) is 28.2. The summed E-state index contributed by atoms with van der Waals surface area (Å²) in [7, 11) is 0. The topological polar surface area (TPSA) is 213 Å². The van der Waals surface area contributed by atoms with E-state index in [-0.39, 0.29) is 49.1 Å². The predicted molar refractivity (Wildman–Crippen MR) is 271 cm³/mol. The van der Waals surface area contributed by atoms with Crippen LogP contribution in [-0.2, 0) is 20.7 Å². The molecule has 9 N–H and O–H groups in total. The number of hydrogen-bond donors (Lipinski definition) is 9. The zero-order valence-electron chi connectivity index (χ0n) is 44.7. The first-order valence-electron chi connectivity index (χ1n) is 28.2. The van der Waals surface area contributed by atoms with Gasteiger partial charge in [-0.3, -0.25) is 4.90 Å². The van der Waals surface area contributed by atoms with Crippen LogP contribution in [0.15, 0.2) is 35.4 Å². The molecule has 1 unspecified atom stereocenters. The summed E-state index contributed by atoms with van der Waals surface area (Å²) in [5.74, 6) is -1.89. The van der Waals surface area contributed by atoms with E-state index in [1.54, 1.807) is 38.0 Å². The van der Waals surface area contributed by atoms with Crippen molar-refractivity contribution in [2.45, 2.75) is 234 Å². The molecule has 0 radical (unpaired) electrons. The lowest BCUT2D eigenvalue weighted by atomic mass is 9.49. The molecule has 7 aliphatic carbocycles. The fourth-order valence-corrected chi connectivity index (χ4v) is 19.3. The summed E-state index contributed by atoms with van der Waals surface area (Å²) in [4.78, 5) is 14.9. The van der Waals surface area contributed by atoms with Crippen molar-refractivity contribution in [2.24, 2.45) is 46.3 Å². The number of carbonyl (C=O) groups is 1. The van der Waals surface area contributed by atoms with Gasteiger partial charge in [-0.25, -0.2) is 4.79 Å². The summed E-state index contributed by atoms with van der Waals surface area (Å²) in [6.45, 7) is 20.4. The summed E-state index contributed by atoms with van der Waals surface area (Å²) in [5, 5.41) is 98.5. The van der Waals surface area contributed by atoms with E-state index in [0.717, 1.165) is 45.1 Å². The number of allylic oxidation sites excluding steroid dienone is 2. The van der Waals surface area contributed by atoms with Crippen molar-refractivity contribution in [3.8, 4) is 0 Å². The standard InChI is InChI=1S/C32H49NO9.C27H39NO2/c1-6-18(3)25(35)41-24-11-12-26(4)19-8-9-20-28(37)13-23(34)31(39)21(29(28,38)16-30(20,26)42-32(19,24)40)15-33-14-17(2)7-10-22(33)27(31,5)36;1-15-11-25(30)26(28-14-15)17(3)20-7-8-21-22-6-5-18-12-19(29)9-10-27(18,4)24(22)13-23(21)16(20)2/h6,17,19-24,34,36-40H,7-16H2,1-5H3;5,7-8,15,17,19,22,24-26,28-30H,6,9-14H2,1-4H3/b18-6-;/t17-,19-,20-,21-,22-,23-,24-,26-,27+,28+,29+,30+,31-,32?;15-,17-,19-,22-,24-,25+,26-,27-/m00/s1. The first kappa shape index (κ1) is 51.8. The smallest absolute Gasteiger partial charge is 0.333 e. The molecule has 4 saturated heterocycles. The molecule has 0 amide bonds. The molecule has 5 saturated carbocycles. The van der Waals surface area contributed by atoms with Gasteiger partial charge in [0.2, 0.25) is 5.79 Å². The number of rotatable bonds is 4. The molecule has 9 fully saturated rings. The lowest BCUT2D eigenvalue weighted by Crippen LogP contribution is -2.85. The van der Waals surface area contributed by atoms with Crippen molar-refractivity contribution in [3.05, 3.63) is 57.7 Å². The Bertz CT molecular complexity index is 2410. The Labute approximate surface area is 427 Å². The third-order valence-electron chi connectivity index (χ3n) is 23.5. The van der Waals surface area contributed by atoms with Gasteiger partial charge < -0.3 is 55.6 Å².